The average molecular weight is 319 g/mol. The standard InChI is InChI=1S/C12H11F2NO5S/c13-12(14)21(19,20)9-4-2-1-3-8(9)15-10(16)6-5-7(6)11(17)18/h1-4,6-7,12H,5H2,(H,15,16)(H,17,18)/t6-,7+/m1/s1. The number of carbonyl (C=O) groups is 2. The van der Waals surface area contributed by atoms with Crippen LogP contribution in [0.2, 0.25) is 0 Å². The average Bonchev–Trinajstić information content (AvgIpc) is 3.19. The van der Waals surface area contributed by atoms with Gasteiger partial charge in [0.1, 0.15) is 0 Å². The van der Waals surface area contributed by atoms with E-state index in [4.69, 9.17) is 5.11 Å². The molecular weight excluding hydrogens is 308 g/mol. The maximum atomic E-state index is 12.6. The van der Waals surface area contributed by atoms with E-state index in [1.54, 1.807) is 0 Å². The molecule has 2 atom stereocenters. The highest BCUT2D eigenvalue weighted by Gasteiger charge is 2.48. The van der Waals surface area contributed by atoms with Crippen LogP contribution in [0.15, 0.2) is 29.2 Å². The van der Waals surface area contributed by atoms with E-state index in [0.29, 0.717) is 0 Å². The van der Waals surface area contributed by atoms with E-state index in [-0.39, 0.29) is 12.1 Å². The first kappa shape index (κ1) is 15.4. The number of benzene rings is 1. The Hall–Kier alpha value is -2.03. The predicted molar refractivity (Wildman–Crippen MR) is 67.5 cm³/mol. The molecule has 2 N–H and O–H groups in total. The Morgan fingerprint density at radius 1 is 1.24 bits per heavy atom. The first-order valence-corrected chi connectivity index (χ1v) is 7.44. The molecule has 0 bridgehead atoms. The lowest BCUT2D eigenvalue weighted by molar-refractivity contribution is -0.139. The van der Waals surface area contributed by atoms with Crippen molar-refractivity contribution in [2.45, 2.75) is 17.1 Å². The molecule has 0 unspecified atom stereocenters. The molecule has 21 heavy (non-hydrogen) atoms. The van der Waals surface area contributed by atoms with Gasteiger partial charge in [0.15, 0.2) is 0 Å². The predicted octanol–water partition coefficient (Wildman–Crippen LogP) is 1.34. The largest absolute Gasteiger partial charge is 0.481 e. The van der Waals surface area contributed by atoms with E-state index >= 15 is 0 Å². The van der Waals surface area contributed by atoms with Crippen LogP contribution in [0, 0.1) is 11.8 Å². The maximum absolute atomic E-state index is 12.6. The Balaban J connectivity index is 2.23. The second-order valence-corrected chi connectivity index (χ2v) is 6.46. The number of amides is 1. The second-order valence-electron chi connectivity index (χ2n) is 4.58. The molecule has 0 radical (unpaired) electrons. The molecule has 0 saturated heterocycles. The Morgan fingerprint density at radius 3 is 2.38 bits per heavy atom. The molecule has 9 heteroatoms. The highest BCUT2D eigenvalue weighted by atomic mass is 32.2. The summed E-state index contributed by atoms with van der Waals surface area (Å²) in [6, 6.07) is 4.76. The van der Waals surface area contributed by atoms with E-state index < -0.39 is 44.2 Å². The van der Waals surface area contributed by atoms with Crippen molar-refractivity contribution in [3.05, 3.63) is 24.3 Å². The van der Waals surface area contributed by atoms with Crippen molar-refractivity contribution in [3.63, 3.8) is 0 Å². The fourth-order valence-corrected chi connectivity index (χ4v) is 2.78. The monoisotopic (exact) mass is 319 g/mol. The van der Waals surface area contributed by atoms with Gasteiger partial charge in [-0.1, -0.05) is 12.1 Å². The number of aliphatic carboxylic acids is 1. The maximum Gasteiger partial charge on any atom is 0.341 e. The lowest BCUT2D eigenvalue weighted by Crippen LogP contribution is -2.20. The Bertz CT molecular complexity index is 689. The number of carbonyl (C=O) groups excluding carboxylic acids is 1. The summed E-state index contributed by atoms with van der Waals surface area (Å²) >= 11 is 0. The van der Waals surface area contributed by atoms with E-state index in [9.17, 15) is 26.8 Å². The second kappa shape index (κ2) is 5.40. The lowest BCUT2D eigenvalue weighted by atomic mass is 10.2. The number of rotatable bonds is 5. The molecule has 1 amide bonds. The number of carboxylic acids is 1. The third-order valence-electron chi connectivity index (χ3n) is 3.13. The number of hydrogen-bond acceptors (Lipinski definition) is 4. The van der Waals surface area contributed by atoms with Gasteiger partial charge in [-0.3, -0.25) is 9.59 Å². The smallest absolute Gasteiger partial charge is 0.341 e. The SMILES string of the molecule is O=C(O)[C@H]1C[C@H]1C(=O)Nc1ccccc1S(=O)(=O)C(F)F. The van der Waals surface area contributed by atoms with Gasteiger partial charge in [0.05, 0.1) is 22.4 Å². The molecule has 0 aliphatic heterocycles. The summed E-state index contributed by atoms with van der Waals surface area (Å²) in [5.41, 5.74) is -0.279. The van der Waals surface area contributed by atoms with Crippen molar-refractivity contribution in [3.8, 4) is 0 Å². The molecule has 1 aromatic rings. The van der Waals surface area contributed by atoms with Crippen LogP contribution in [0.1, 0.15) is 6.42 Å². The molecule has 0 heterocycles. The van der Waals surface area contributed by atoms with Crippen molar-refractivity contribution >= 4 is 27.4 Å². The molecular formula is C12H11F2NO5S. The first-order valence-electron chi connectivity index (χ1n) is 5.90. The Morgan fingerprint density at radius 2 is 1.86 bits per heavy atom. The lowest BCUT2D eigenvalue weighted by Gasteiger charge is -2.11. The van der Waals surface area contributed by atoms with Gasteiger partial charge in [-0.05, 0) is 18.6 Å². The zero-order valence-corrected chi connectivity index (χ0v) is 11.3. The molecule has 1 fully saturated rings. The van der Waals surface area contributed by atoms with Crippen LogP contribution in [0.5, 0.6) is 0 Å². The Labute approximate surface area is 118 Å². The van der Waals surface area contributed by atoms with Gasteiger partial charge in [0.25, 0.3) is 0 Å². The van der Waals surface area contributed by atoms with Gasteiger partial charge in [-0.25, -0.2) is 8.42 Å². The molecule has 1 aromatic carbocycles. The van der Waals surface area contributed by atoms with E-state index in [0.717, 1.165) is 6.07 Å². The third-order valence-corrected chi connectivity index (χ3v) is 4.57. The van der Waals surface area contributed by atoms with Crippen molar-refractivity contribution in [1.82, 2.24) is 0 Å². The quantitative estimate of drug-likeness (QED) is 0.853. The minimum atomic E-state index is -4.85. The Kier molecular flexibility index (Phi) is 3.95. The summed E-state index contributed by atoms with van der Waals surface area (Å²) in [6.45, 7) is 0. The molecule has 1 aliphatic rings. The summed E-state index contributed by atoms with van der Waals surface area (Å²) in [6.07, 6.45) is 0.144. The van der Waals surface area contributed by atoms with Crippen LogP contribution >= 0.6 is 0 Å². The molecule has 6 nitrogen and oxygen atoms in total. The summed E-state index contributed by atoms with van der Waals surface area (Å²) in [4.78, 5) is 21.8. The van der Waals surface area contributed by atoms with Crippen LogP contribution in [0.4, 0.5) is 14.5 Å². The van der Waals surface area contributed by atoms with Crippen molar-refractivity contribution in [1.29, 1.82) is 0 Å². The third kappa shape index (κ3) is 3.02. The number of para-hydroxylation sites is 1. The van der Waals surface area contributed by atoms with Crippen molar-refractivity contribution < 1.29 is 31.9 Å². The molecule has 0 spiro atoms. The number of alkyl halides is 2. The van der Waals surface area contributed by atoms with E-state index in [1.165, 1.54) is 18.2 Å². The van der Waals surface area contributed by atoms with E-state index in [1.807, 2.05) is 0 Å². The molecule has 1 aliphatic carbocycles. The number of nitrogens with one attached hydrogen (secondary N) is 1. The molecule has 0 aromatic heterocycles. The van der Waals surface area contributed by atoms with E-state index in [2.05, 4.69) is 5.32 Å². The van der Waals surface area contributed by atoms with Crippen LogP contribution < -0.4 is 5.32 Å². The molecule has 2 rings (SSSR count). The fraction of sp³-hybridized carbons (Fsp3) is 0.333. The van der Waals surface area contributed by atoms with Crippen LogP contribution in [0.25, 0.3) is 0 Å². The zero-order chi connectivity index (χ0) is 15.8. The van der Waals surface area contributed by atoms with Gasteiger partial charge >= 0.3 is 11.7 Å². The number of hydrogen-bond donors (Lipinski definition) is 2. The minimum absolute atomic E-state index is 0.144. The van der Waals surface area contributed by atoms with Crippen molar-refractivity contribution in [2.24, 2.45) is 11.8 Å². The first-order chi connectivity index (χ1) is 9.75. The highest BCUT2D eigenvalue weighted by molar-refractivity contribution is 7.91. The molecule has 114 valence electrons. The number of anilines is 1. The highest BCUT2D eigenvalue weighted by Crippen LogP contribution is 2.40. The summed E-state index contributed by atoms with van der Waals surface area (Å²) < 4.78 is 48.1. The normalized spacial score (nSPS) is 21.1. The van der Waals surface area contributed by atoms with Crippen molar-refractivity contribution in [2.75, 3.05) is 5.32 Å². The van der Waals surface area contributed by atoms with Gasteiger partial charge in [0.2, 0.25) is 15.7 Å². The summed E-state index contributed by atoms with van der Waals surface area (Å²) in [7, 11) is -4.85. The number of halogens is 2. The summed E-state index contributed by atoms with van der Waals surface area (Å²) in [5.74, 6) is -7.01. The zero-order valence-electron chi connectivity index (χ0n) is 10.5. The topological polar surface area (TPSA) is 101 Å². The fourth-order valence-electron chi connectivity index (χ4n) is 1.90. The van der Waals surface area contributed by atoms with Crippen LogP contribution in [0.3, 0.4) is 0 Å². The molecule has 1 saturated carbocycles. The van der Waals surface area contributed by atoms with Gasteiger partial charge in [-0.2, -0.15) is 8.78 Å². The van der Waals surface area contributed by atoms with Gasteiger partial charge in [-0.15, -0.1) is 0 Å². The minimum Gasteiger partial charge on any atom is -0.481 e. The van der Waals surface area contributed by atoms with Gasteiger partial charge in [0, 0.05) is 0 Å². The number of sulfone groups is 1. The summed E-state index contributed by atoms with van der Waals surface area (Å²) in [5, 5.41) is 10.9. The van der Waals surface area contributed by atoms with Gasteiger partial charge < -0.3 is 10.4 Å². The van der Waals surface area contributed by atoms with Crippen LogP contribution in [-0.4, -0.2) is 31.2 Å². The number of carboxylic acid groups (broad SMARTS) is 1. The van der Waals surface area contributed by atoms with Crippen LogP contribution in [-0.2, 0) is 19.4 Å².